The van der Waals surface area contributed by atoms with Crippen LogP contribution in [0.3, 0.4) is 0 Å². The normalized spacial score (nSPS) is 12.5. The summed E-state index contributed by atoms with van der Waals surface area (Å²) in [6.45, 7) is 1.86. The Morgan fingerprint density at radius 2 is 2.40 bits per heavy atom. The number of thiophene rings is 2. The first-order valence-corrected chi connectivity index (χ1v) is 6.36. The van der Waals surface area contributed by atoms with E-state index in [1.807, 2.05) is 30.5 Å². The topological polar surface area (TPSA) is 40.9 Å². The van der Waals surface area contributed by atoms with Gasteiger partial charge in [-0.05, 0) is 23.9 Å². The van der Waals surface area contributed by atoms with Crippen LogP contribution in [0.1, 0.15) is 23.0 Å². The van der Waals surface area contributed by atoms with Gasteiger partial charge in [0.25, 0.3) is 0 Å². The molecule has 2 aromatic heterocycles. The summed E-state index contributed by atoms with van der Waals surface area (Å²) in [6.07, 6.45) is 0.584. The van der Waals surface area contributed by atoms with Crippen molar-refractivity contribution >= 4 is 37.9 Å². The Labute approximate surface area is 95.8 Å². The number of nitrogens with zero attached hydrogens (tertiary/aromatic N) is 1. The van der Waals surface area contributed by atoms with Crippen molar-refractivity contribution < 1.29 is 4.79 Å². The van der Waals surface area contributed by atoms with E-state index in [-0.39, 0.29) is 5.78 Å². The van der Waals surface area contributed by atoms with E-state index in [1.54, 1.807) is 11.3 Å². The molecule has 0 N–H and O–H groups in total. The molecule has 2 aromatic rings. The van der Waals surface area contributed by atoms with Crippen LogP contribution in [0.2, 0.25) is 0 Å². The first-order chi connectivity index (χ1) is 7.26. The van der Waals surface area contributed by atoms with Gasteiger partial charge < -0.3 is 0 Å². The van der Waals surface area contributed by atoms with Gasteiger partial charge in [0, 0.05) is 9.40 Å². The molecule has 0 fully saturated rings. The summed E-state index contributed by atoms with van der Waals surface area (Å²) < 4.78 is 2.27. The number of ketones is 1. The summed E-state index contributed by atoms with van der Waals surface area (Å²) in [5.41, 5.74) is 0. The lowest BCUT2D eigenvalue weighted by atomic mass is 10.0. The van der Waals surface area contributed by atoms with Gasteiger partial charge in [0.1, 0.15) is 5.92 Å². The summed E-state index contributed by atoms with van der Waals surface area (Å²) in [5, 5.41) is 10.8. The molecular formula is C11H9NOS2. The van der Waals surface area contributed by atoms with Crippen LogP contribution < -0.4 is 0 Å². The van der Waals surface area contributed by atoms with Gasteiger partial charge in [-0.3, -0.25) is 4.79 Å². The van der Waals surface area contributed by atoms with Crippen molar-refractivity contribution in [2.45, 2.75) is 13.3 Å². The molecule has 1 atom stereocenters. The molecule has 0 aromatic carbocycles. The Bertz CT molecular complexity index is 504. The fourth-order valence-corrected chi connectivity index (χ4v) is 3.50. The van der Waals surface area contributed by atoms with Gasteiger partial charge in [0.2, 0.25) is 0 Å². The molecule has 76 valence electrons. The average molecular weight is 235 g/mol. The second-order valence-electron chi connectivity index (χ2n) is 3.21. The van der Waals surface area contributed by atoms with E-state index < -0.39 is 5.92 Å². The molecular weight excluding hydrogens is 226 g/mol. The van der Waals surface area contributed by atoms with E-state index >= 15 is 0 Å². The van der Waals surface area contributed by atoms with E-state index in [0.717, 1.165) is 9.40 Å². The van der Waals surface area contributed by atoms with Crippen molar-refractivity contribution in [2.24, 2.45) is 5.92 Å². The number of rotatable bonds is 3. The van der Waals surface area contributed by atoms with Gasteiger partial charge in [-0.15, -0.1) is 22.7 Å². The SMILES string of the molecule is CCC(C#N)C(=O)c1cc2sccc2s1. The molecule has 0 radical (unpaired) electrons. The summed E-state index contributed by atoms with van der Waals surface area (Å²) in [4.78, 5) is 12.6. The van der Waals surface area contributed by atoms with Gasteiger partial charge in [-0.1, -0.05) is 6.92 Å². The predicted molar refractivity (Wildman–Crippen MR) is 63.4 cm³/mol. The maximum absolute atomic E-state index is 11.9. The maximum atomic E-state index is 11.9. The van der Waals surface area contributed by atoms with Crippen LogP contribution in [0.15, 0.2) is 17.5 Å². The first-order valence-electron chi connectivity index (χ1n) is 4.67. The van der Waals surface area contributed by atoms with Crippen molar-refractivity contribution in [1.82, 2.24) is 0 Å². The fraction of sp³-hybridized carbons (Fsp3) is 0.273. The number of carbonyl (C=O) groups excluding carboxylic acids is 1. The van der Waals surface area contributed by atoms with Gasteiger partial charge in [-0.25, -0.2) is 0 Å². The molecule has 2 rings (SSSR count). The van der Waals surface area contributed by atoms with E-state index in [9.17, 15) is 4.79 Å². The van der Waals surface area contributed by atoms with E-state index in [2.05, 4.69) is 0 Å². The predicted octanol–water partition coefficient (Wildman–Crippen LogP) is 3.70. The molecule has 2 heterocycles. The molecule has 0 saturated heterocycles. The largest absolute Gasteiger partial charge is 0.292 e. The monoisotopic (exact) mass is 235 g/mol. The fourth-order valence-electron chi connectivity index (χ4n) is 1.39. The zero-order valence-electron chi connectivity index (χ0n) is 8.19. The second kappa shape index (κ2) is 4.13. The molecule has 0 amide bonds. The molecule has 0 aliphatic rings. The first kappa shape index (κ1) is 10.3. The number of carbonyl (C=O) groups is 1. The van der Waals surface area contributed by atoms with E-state index in [4.69, 9.17) is 5.26 Å². The standard InChI is InChI=1S/C11H9NOS2/c1-2-7(6-12)11(13)10-5-9-8(15-10)3-4-14-9/h3-5,7H,2H2,1H3. The highest BCUT2D eigenvalue weighted by molar-refractivity contribution is 7.27. The molecule has 0 spiro atoms. The molecule has 1 unspecified atom stereocenters. The minimum absolute atomic E-state index is 0.0339. The van der Waals surface area contributed by atoms with Crippen molar-refractivity contribution in [3.8, 4) is 6.07 Å². The Hall–Kier alpha value is -1.18. The number of nitriles is 1. The minimum atomic E-state index is -0.488. The van der Waals surface area contributed by atoms with Crippen molar-refractivity contribution in [2.75, 3.05) is 0 Å². The Balaban J connectivity index is 2.36. The zero-order valence-corrected chi connectivity index (χ0v) is 9.82. The van der Waals surface area contributed by atoms with Crippen molar-refractivity contribution in [3.63, 3.8) is 0 Å². The smallest absolute Gasteiger partial charge is 0.189 e. The highest BCUT2D eigenvalue weighted by atomic mass is 32.1. The lowest BCUT2D eigenvalue weighted by molar-refractivity contribution is 0.0951. The van der Waals surface area contributed by atoms with Crippen LogP contribution in [-0.2, 0) is 0 Å². The van der Waals surface area contributed by atoms with Gasteiger partial charge >= 0.3 is 0 Å². The maximum Gasteiger partial charge on any atom is 0.189 e. The number of hydrogen-bond donors (Lipinski definition) is 0. The van der Waals surface area contributed by atoms with Gasteiger partial charge in [-0.2, -0.15) is 5.26 Å². The van der Waals surface area contributed by atoms with Crippen molar-refractivity contribution in [1.29, 1.82) is 5.26 Å². The molecule has 2 nitrogen and oxygen atoms in total. The minimum Gasteiger partial charge on any atom is -0.292 e. The Morgan fingerprint density at radius 3 is 3.00 bits per heavy atom. The summed E-state index contributed by atoms with van der Waals surface area (Å²) in [5.74, 6) is -0.522. The Morgan fingerprint density at radius 1 is 1.60 bits per heavy atom. The number of Topliss-reactive ketones (excluding diaryl/α,β-unsaturated/α-hetero) is 1. The summed E-state index contributed by atoms with van der Waals surface area (Å²) in [6, 6.07) is 5.95. The summed E-state index contributed by atoms with van der Waals surface area (Å²) >= 11 is 3.11. The van der Waals surface area contributed by atoms with E-state index in [0.29, 0.717) is 11.3 Å². The highest BCUT2D eigenvalue weighted by Crippen LogP contribution is 2.31. The van der Waals surface area contributed by atoms with Gasteiger partial charge in [0.05, 0.1) is 10.9 Å². The van der Waals surface area contributed by atoms with Crippen LogP contribution >= 0.6 is 22.7 Å². The molecule has 0 aliphatic carbocycles. The van der Waals surface area contributed by atoms with Crippen LogP contribution in [0, 0.1) is 17.2 Å². The Kier molecular flexibility index (Phi) is 2.85. The second-order valence-corrected chi connectivity index (χ2v) is 5.25. The molecule has 4 heteroatoms. The number of hydrogen-bond acceptors (Lipinski definition) is 4. The lowest BCUT2D eigenvalue weighted by Crippen LogP contribution is -2.09. The molecule has 15 heavy (non-hydrogen) atoms. The zero-order chi connectivity index (χ0) is 10.8. The van der Waals surface area contributed by atoms with Crippen LogP contribution in [0.4, 0.5) is 0 Å². The van der Waals surface area contributed by atoms with Crippen LogP contribution in [0.5, 0.6) is 0 Å². The third-order valence-electron chi connectivity index (χ3n) is 2.26. The summed E-state index contributed by atoms with van der Waals surface area (Å²) in [7, 11) is 0. The lowest BCUT2D eigenvalue weighted by Gasteiger charge is -2.00. The van der Waals surface area contributed by atoms with Crippen LogP contribution in [-0.4, -0.2) is 5.78 Å². The molecule has 0 saturated carbocycles. The number of fused-ring (bicyclic) bond motifs is 1. The average Bonchev–Trinajstić information content (AvgIpc) is 2.78. The molecule has 0 bridgehead atoms. The van der Waals surface area contributed by atoms with E-state index in [1.165, 1.54) is 11.3 Å². The third-order valence-corrected chi connectivity index (χ3v) is 4.37. The third kappa shape index (κ3) is 1.81. The molecule has 0 aliphatic heterocycles. The quantitative estimate of drug-likeness (QED) is 0.761. The van der Waals surface area contributed by atoms with Gasteiger partial charge in [0.15, 0.2) is 5.78 Å². The highest BCUT2D eigenvalue weighted by Gasteiger charge is 2.19. The van der Waals surface area contributed by atoms with Crippen molar-refractivity contribution in [3.05, 3.63) is 22.4 Å². The van der Waals surface area contributed by atoms with Crippen LogP contribution in [0.25, 0.3) is 9.40 Å².